The summed E-state index contributed by atoms with van der Waals surface area (Å²) in [6.45, 7) is 4.45. The fourth-order valence-corrected chi connectivity index (χ4v) is 5.14. The predicted molar refractivity (Wildman–Crippen MR) is 166 cm³/mol. The van der Waals surface area contributed by atoms with Crippen molar-refractivity contribution in [3.05, 3.63) is 0 Å². The molecule has 1 amide bonds. The Bertz CT molecular complexity index is 636. The largest absolute Gasteiger partial charge is 0.480 e. The summed E-state index contributed by atoms with van der Waals surface area (Å²) in [4.78, 5) is 46.2. The van der Waals surface area contributed by atoms with E-state index in [0.717, 1.165) is 63.6 Å². The van der Waals surface area contributed by atoms with Gasteiger partial charge in [0.15, 0.2) is 0 Å². The molecule has 0 aromatic carbocycles. The third kappa shape index (κ3) is 26.5. The summed E-state index contributed by atoms with van der Waals surface area (Å²) < 4.78 is 0. The number of Topliss-reactive ketones (excluding diaryl/α,β-unsaturated/α-hetero) is 1. The lowest BCUT2D eigenvalue weighted by molar-refractivity contribution is -0.142. The zero-order chi connectivity index (χ0) is 29.7. The smallest absolute Gasteiger partial charge is 0.326 e. The van der Waals surface area contributed by atoms with Crippen LogP contribution < -0.4 is 5.32 Å². The van der Waals surface area contributed by atoms with Gasteiger partial charge in [0.05, 0.1) is 0 Å². The van der Waals surface area contributed by atoms with Crippen molar-refractivity contribution in [2.75, 3.05) is 0 Å². The molecule has 0 aliphatic heterocycles. The molecule has 1 unspecified atom stereocenters. The van der Waals surface area contributed by atoms with E-state index in [-0.39, 0.29) is 24.5 Å². The zero-order valence-electron chi connectivity index (χ0n) is 26.2. The van der Waals surface area contributed by atoms with E-state index in [4.69, 9.17) is 0 Å². The van der Waals surface area contributed by atoms with Crippen LogP contribution in [-0.2, 0) is 19.2 Å². The first kappa shape index (κ1) is 38.3. The van der Waals surface area contributed by atoms with Crippen LogP contribution in [0.15, 0.2) is 0 Å². The summed E-state index contributed by atoms with van der Waals surface area (Å²) in [5, 5.41) is 12.1. The van der Waals surface area contributed by atoms with Crippen LogP contribution in [0, 0.1) is 5.92 Å². The van der Waals surface area contributed by atoms with Gasteiger partial charge < -0.3 is 15.2 Å². The molecule has 0 aromatic heterocycles. The monoisotopic (exact) mass is 565 g/mol. The minimum Gasteiger partial charge on any atom is -0.480 e. The topological polar surface area (TPSA) is 101 Å². The molecule has 2 N–H and O–H groups in total. The molecule has 2 atom stereocenters. The molecule has 0 spiro atoms. The summed E-state index contributed by atoms with van der Waals surface area (Å²) in [7, 11) is 0. The molecule has 0 saturated heterocycles. The number of aldehydes is 1. The molecule has 0 saturated carbocycles. The molecular weight excluding hydrogens is 502 g/mol. The Morgan fingerprint density at radius 3 is 1.55 bits per heavy atom. The van der Waals surface area contributed by atoms with Crippen molar-refractivity contribution in [1.82, 2.24) is 5.32 Å². The van der Waals surface area contributed by atoms with Crippen LogP contribution in [0.2, 0.25) is 0 Å². The van der Waals surface area contributed by atoms with Crippen molar-refractivity contribution >= 4 is 23.9 Å². The van der Waals surface area contributed by atoms with Crippen LogP contribution in [0.5, 0.6) is 0 Å². The highest BCUT2D eigenvalue weighted by Crippen LogP contribution is 2.15. The summed E-state index contributed by atoms with van der Waals surface area (Å²) in [5.41, 5.74) is 0. The van der Waals surface area contributed by atoms with E-state index in [9.17, 15) is 24.3 Å². The number of rotatable bonds is 31. The van der Waals surface area contributed by atoms with Crippen LogP contribution in [-0.4, -0.2) is 35.1 Å². The molecular formula is C34H63NO5. The number of carbonyl (C=O) groups is 4. The second kappa shape index (κ2) is 28.8. The highest BCUT2D eigenvalue weighted by molar-refractivity contribution is 5.84. The number of amides is 1. The molecule has 0 fully saturated rings. The number of hydrogen-bond donors (Lipinski definition) is 2. The Morgan fingerprint density at radius 1 is 0.625 bits per heavy atom. The number of nitrogens with one attached hydrogen (secondary N) is 1. The average molecular weight is 566 g/mol. The lowest BCUT2D eigenvalue weighted by atomic mass is 9.99. The second-order valence-corrected chi connectivity index (χ2v) is 12.0. The summed E-state index contributed by atoms with van der Waals surface area (Å²) >= 11 is 0. The van der Waals surface area contributed by atoms with Crippen molar-refractivity contribution in [2.45, 2.75) is 187 Å². The molecule has 40 heavy (non-hydrogen) atoms. The van der Waals surface area contributed by atoms with Gasteiger partial charge in [-0.1, -0.05) is 129 Å². The van der Waals surface area contributed by atoms with E-state index >= 15 is 0 Å². The molecule has 234 valence electrons. The molecule has 0 aliphatic rings. The molecule has 6 heteroatoms. The first-order chi connectivity index (χ1) is 19.4. The van der Waals surface area contributed by atoms with E-state index in [2.05, 4.69) is 19.2 Å². The van der Waals surface area contributed by atoms with E-state index in [1.54, 1.807) is 0 Å². The molecule has 0 aliphatic carbocycles. The maximum Gasteiger partial charge on any atom is 0.326 e. The van der Waals surface area contributed by atoms with E-state index in [1.807, 2.05) is 0 Å². The molecule has 0 heterocycles. The van der Waals surface area contributed by atoms with Crippen LogP contribution in [0.3, 0.4) is 0 Å². The van der Waals surface area contributed by atoms with Gasteiger partial charge in [0.25, 0.3) is 0 Å². The van der Waals surface area contributed by atoms with Gasteiger partial charge in [-0.3, -0.25) is 9.59 Å². The second-order valence-electron chi connectivity index (χ2n) is 12.0. The highest BCUT2D eigenvalue weighted by Gasteiger charge is 2.20. The maximum atomic E-state index is 12.2. The van der Waals surface area contributed by atoms with Gasteiger partial charge in [-0.25, -0.2) is 4.79 Å². The maximum absolute atomic E-state index is 12.2. The van der Waals surface area contributed by atoms with Gasteiger partial charge in [0, 0.05) is 25.7 Å². The van der Waals surface area contributed by atoms with Crippen LogP contribution >= 0.6 is 0 Å². The molecule has 6 nitrogen and oxygen atoms in total. The Morgan fingerprint density at radius 2 is 1.07 bits per heavy atom. The number of carboxylic acid groups (broad SMARTS) is 1. The first-order valence-corrected chi connectivity index (χ1v) is 16.9. The summed E-state index contributed by atoms with van der Waals surface area (Å²) in [5.74, 6) is -0.447. The third-order valence-corrected chi connectivity index (χ3v) is 8.17. The molecule has 0 rings (SSSR count). The van der Waals surface area contributed by atoms with Crippen molar-refractivity contribution in [3.8, 4) is 0 Å². The van der Waals surface area contributed by atoms with Crippen molar-refractivity contribution in [3.63, 3.8) is 0 Å². The van der Waals surface area contributed by atoms with Gasteiger partial charge in [0.2, 0.25) is 5.91 Å². The average Bonchev–Trinajstić information content (AvgIpc) is 2.94. The fourth-order valence-electron chi connectivity index (χ4n) is 5.14. The van der Waals surface area contributed by atoms with E-state index in [0.29, 0.717) is 12.8 Å². The number of hydrogen-bond acceptors (Lipinski definition) is 4. The van der Waals surface area contributed by atoms with Crippen LogP contribution in [0.1, 0.15) is 181 Å². The van der Waals surface area contributed by atoms with Crippen molar-refractivity contribution in [1.29, 1.82) is 0 Å². The van der Waals surface area contributed by atoms with Gasteiger partial charge in [0.1, 0.15) is 18.1 Å². The molecule has 0 radical (unpaired) electrons. The Labute approximate surface area is 246 Å². The highest BCUT2D eigenvalue weighted by atomic mass is 16.4. The summed E-state index contributed by atoms with van der Waals surface area (Å²) in [6, 6.07) is -0.971. The summed E-state index contributed by atoms with van der Waals surface area (Å²) in [6.07, 6.45) is 27.9. The van der Waals surface area contributed by atoms with Crippen LogP contribution in [0.4, 0.5) is 0 Å². The minimum atomic E-state index is -1.06. The standard InChI is InChI=1S/C34H63NO5/c1-3-30(2)24-20-19-21-25-31(37)27-28-32(34(39)40)35-33(38)26-22-17-15-13-11-9-7-5-4-6-8-10-12-14-16-18-23-29-36/h29-30,32H,3-28H2,1-2H3,(H,35,38)(H,39,40)/t30?,32-/m0/s1. The van der Waals surface area contributed by atoms with Gasteiger partial charge >= 0.3 is 5.97 Å². The van der Waals surface area contributed by atoms with E-state index in [1.165, 1.54) is 89.9 Å². The number of carbonyl (C=O) groups excluding carboxylic acids is 3. The number of unbranched alkanes of at least 4 members (excludes halogenated alkanes) is 18. The van der Waals surface area contributed by atoms with Crippen molar-refractivity contribution in [2.24, 2.45) is 5.92 Å². The van der Waals surface area contributed by atoms with Gasteiger partial charge in [-0.05, 0) is 31.6 Å². The Hall–Kier alpha value is -1.72. The van der Waals surface area contributed by atoms with Gasteiger partial charge in [-0.15, -0.1) is 0 Å². The minimum absolute atomic E-state index is 0.0960. The lowest BCUT2D eigenvalue weighted by Gasteiger charge is -2.14. The Kier molecular flexibility index (Phi) is 27.6. The predicted octanol–water partition coefficient (Wildman–Crippen LogP) is 9.12. The zero-order valence-corrected chi connectivity index (χ0v) is 26.2. The number of aliphatic carboxylic acids is 1. The first-order valence-electron chi connectivity index (χ1n) is 16.9. The van der Waals surface area contributed by atoms with Gasteiger partial charge in [-0.2, -0.15) is 0 Å². The van der Waals surface area contributed by atoms with E-state index < -0.39 is 12.0 Å². The normalized spacial score (nSPS) is 12.7. The van der Waals surface area contributed by atoms with Crippen LogP contribution in [0.25, 0.3) is 0 Å². The quantitative estimate of drug-likeness (QED) is 0.0645. The number of carboxylic acids is 1. The molecule has 0 aromatic rings. The third-order valence-electron chi connectivity index (χ3n) is 8.17. The SMILES string of the molecule is CCC(C)CCCCCC(=O)CC[C@H](NC(=O)CCCCCCCCCCCCCCCCCCC=O)C(=O)O. The molecule has 0 bridgehead atoms. The Balaban J connectivity index is 3.62. The van der Waals surface area contributed by atoms with Crippen molar-refractivity contribution < 1.29 is 24.3 Å². The number of ketones is 1. The fraction of sp³-hybridized carbons (Fsp3) is 0.882. The lowest BCUT2D eigenvalue weighted by Crippen LogP contribution is -2.41.